The lowest BCUT2D eigenvalue weighted by atomic mass is 10.1. The smallest absolute Gasteiger partial charge is 0.263 e. The average molecular weight is 185 g/mol. The van der Waals surface area contributed by atoms with Crippen LogP contribution in [0.4, 0.5) is 4.39 Å². The van der Waals surface area contributed by atoms with Crippen LogP contribution in [0.15, 0.2) is 24.3 Å². The van der Waals surface area contributed by atoms with Crippen molar-refractivity contribution in [3.05, 3.63) is 45.8 Å². The summed E-state index contributed by atoms with van der Waals surface area (Å²) in [4.78, 5) is 9.65. The summed E-state index contributed by atoms with van der Waals surface area (Å²) in [5.74, 6) is -0.668. The van der Waals surface area contributed by atoms with Gasteiger partial charge in [0.15, 0.2) is 0 Å². The van der Waals surface area contributed by atoms with Crippen molar-refractivity contribution in [2.75, 3.05) is 6.61 Å². The Kier molecular flexibility index (Phi) is 2.92. The van der Waals surface area contributed by atoms with Gasteiger partial charge in [0, 0.05) is 4.92 Å². The molecule has 0 saturated carbocycles. The van der Waals surface area contributed by atoms with Gasteiger partial charge in [-0.1, -0.05) is 12.1 Å². The van der Waals surface area contributed by atoms with E-state index in [-0.39, 0.29) is 5.56 Å². The van der Waals surface area contributed by atoms with Crippen LogP contribution in [0.25, 0.3) is 0 Å². The molecule has 0 aliphatic carbocycles. The maximum absolute atomic E-state index is 13.0. The van der Waals surface area contributed by atoms with E-state index in [0.29, 0.717) is 0 Å². The van der Waals surface area contributed by atoms with Crippen molar-refractivity contribution in [1.82, 2.24) is 0 Å². The van der Waals surface area contributed by atoms with Gasteiger partial charge in [-0.3, -0.25) is 10.1 Å². The minimum absolute atomic E-state index is 0.0880. The predicted octanol–water partition coefficient (Wildman–Crippen LogP) is 1.14. The van der Waals surface area contributed by atoms with Crippen LogP contribution in [-0.2, 0) is 0 Å². The molecule has 13 heavy (non-hydrogen) atoms. The maximum atomic E-state index is 13.0. The van der Waals surface area contributed by atoms with E-state index in [0.717, 1.165) is 6.07 Å². The molecule has 1 N–H and O–H groups in total. The Hall–Kier alpha value is -1.49. The molecule has 0 aliphatic rings. The van der Waals surface area contributed by atoms with Crippen LogP contribution < -0.4 is 0 Å². The molecule has 5 heteroatoms. The molecule has 0 radical (unpaired) electrons. The quantitative estimate of drug-likeness (QED) is 0.567. The average Bonchev–Trinajstić information content (AvgIpc) is 2.09. The molecular formula is C8H8FNO3. The molecule has 1 atom stereocenters. The molecule has 1 aromatic carbocycles. The number of hydrogen-bond donors (Lipinski definition) is 1. The first-order valence-electron chi connectivity index (χ1n) is 3.65. The zero-order valence-electron chi connectivity index (χ0n) is 6.68. The number of nitrogens with zero attached hydrogens (tertiary/aromatic N) is 1. The van der Waals surface area contributed by atoms with E-state index in [4.69, 9.17) is 5.11 Å². The molecule has 0 bridgehead atoms. The fourth-order valence-electron chi connectivity index (χ4n) is 1.02. The summed E-state index contributed by atoms with van der Waals surface area (Å²) in [5, 5.41) is 19.0. The normalized spacial score (nSPS) is 12.5. The fourth-order valence-corrected chi connectivity index (χ4v) is 1.02. The first-order chi connectivity index (χ1) is 6.16. The molecule has 0 aliphatic heterocycles. The molecule has 1 unspecified atom stereocenters. The van der Waals surface area contributed by atoms with Crippen LogP contribution in [0, 0.1) is 15.9 Å². The van der Waals surface area contributed by atoms with E-state index in [2.05, 4.69) is 0 Å². The zero-order chi connectivity index (χ0) is 9.84. The SMILES string of the molecule is O=[N+]([O-])C(CO)c1ccccc1F. The number of hydrogen-bond acceptors (Lipinski definition) is 3. The molecule has 1 aromatic rings. The van der Waals surface area contributed by atoms with E-state index in [1.165, 1.54) is 18.2 Å². The molecule has 0 heterocycles. The first-order valence-corrected chi connectivity index (χ1v) is 3.65. The van der Waals surface area contributed by atoms with Crippen molar-refractivity contribution in [3.8, 4) is 0 Å². The monoisotopic (exact) mass is 185 g/mol. The highest BCUT2D eigenvalue weighted by atomic mass is 19.1. The molecule has 0 spiro atoms. The van der Waals surface area contributed by atoms with Gasteiger partial charge in [-0.05, 0) is 12.1 Å². The third kappa shape index (κ3) is 2.00. The summed E-state index contributed by atoms with van der Waals surface area (Å²) in [6.07, 6.45) is 0. The molecule has 0 saturated heterocycles. The van der Waals surface area contributed by atoms with E-state index in [9.17, 15) is 14.5 Å². The van der Waals surface area contributed by atoms with Crippen LogP contribution in [0.2, 0.25) is 0 Å². The molecule has 4 nitrogen and oxygen atoms in total. The Balaban J connectivity index is 3.04. The fraction of sp³-hybridized carbons (Fsp3) is 0.250. The van der Waals surface area contributed by atoms with Crippen molar-refractivity contribution in [2.24, 2.45) is 0 Å². The van der Waals surface area contributed by atoms with Gasteiger partial charge >= 0.3 is 0 Å². The number of benzene rings is 1. The van der Waals surface area contributed by atoms with E-state index in [1.807, 2.05) is 0 Å². The minimum atomic E-state index is -1.37. The van der Waals surface area contributed by atoms with Crippen molar-refractivity contribution < 1.29 is 14.4 Å². The lowest BCUT2D eigenvalue weighted by Crippen LogP contribution is -2.15. The lowest BCUT2D eigenvalue weighted by Gasteiger charge is -2.06. The van der Waals surface area contributed by atoms with Gasteiger partial charge in [-0.15, -0.1) is 0 Å². The molecular weight excluding hydrogens is 177 g/mol. The molecule has 70 valence electrons. The lowest BCUT2D eigenvalue weighted by molar-refractivity contribution is -0.532. The van der Waals surface area contributed by atoms with Crippen molar-refractivity contribution in [2.45, 2.75) is 6.04 Å². The van der Waals surface area contributed by atoms with Gasteiger partial charge in [0.05, 0.1) is 5.56 Å². The third-order valence-corrected chi connectivity index (χ3v) is 1.69. The van der Waals surface area contributed by atoms with Crippen molar-refractivity contribution >= 4 is 0 Å². The van der Waals surface area contributed by atoms with Gasteiger partial charge < -0.3 is 5.11 Å². The molecule has 0 amide bonds. The summed E-state index contributed by atoms with van der Waals surface area (Å²) in [6, 6.07) is 3.97. The summed E-state index contributed by atoms with van der Waals surface area (Å²) in [6.45, 7) is -0.700. The first kappa shape index (κ1) is 9.60. The Labute approximate surface area is 73.8 Å². The molecule has 1 rings (SSSR count). The second-order valence-corrected chi connectivity index (χ2v) is 2.51. The highest BCUT2D eigenvalue weighted by molar-refractivity contribution is 5.19. The van der Waals surface area contributed by atoms with E-state index < -0.39 is 23.4 Å². The highest BCUT2D eigenvalue weighted by Crippen LogP contribution is 2.18. The number of aliphatic hydroxyl groups excluding tert-OH is 1. The Morgan fingerprint density at radius 1 is 1.54 bits per heavy atom. The van der Waals surface area contributed by atoms with Crippen LogP contribution in [0.3, 0.4) is 0 Å². The number of halogens is 1. The van der Waals surface area contributed by atoms with Gasteiger partial charge in [0.1, 0.15) is 12.4 Å². The van der Waals surface area contributed by atoms with Gasteiger partial charge in [-0.25, -0.2) is 4.39 Å². The zero-order valence-corrected chi connectivity index (χ0v) is 6.68. The van der Waals surface area contributed by atoms with Crippen LogP contribution in [0.5, 0.6) is 0 Å². The molecule has 0 aromatic heterocycles. The summed E-state index contributed by atoms with van der Waals surface area (Å²) in [7, 11) is 0. The topological polar surface area (TPSA) is 63.4 Å². The number of nitro groups is 1. The summed E-state index contributed by atoms with van der Waals surface area (Å²) in [5.41, 5.74) is -0.0880. The standard InChI is InChI=1S/C8H8FNO3/c9-7-4-2-1-3-6(7)8(5-11)10(12)13/h1-4,8,11H,5H2. The second-order valence-electron chi connectivity index (χ2n) is 2.51. The second kappa shape index (κ2) is 3.95. The summed E-state index contributed by atoms with van der Waals surface area (Å²) >= 11 is 0. The van der Waals surface area contributed by atoms with Gasteiger partial charge in [0.25, 0.3) is 6.04 Å². The van der Waals surface area contributed by atoms with Crippen LogP contribution >= 0.6 is 0 Å². The Bertz CT molecular complexity index is 316. The number of aliphatic hydroxyl groups is 1. The highest BCUT2D eigenvalue weighted by Gasteiger charge is 2.24. The van der Waals surface area contributed by atoms with Gasteiger partial charge in [0.2, 0.25) is 0 Å². The maximum Gasteiger partial charge on any atom is 0.263 e. The van der Waals surface area contributed by atoms with E-state index >= 15 is 0 Å². The summed E-state index contributed by atoms with van der Waals surface area (Å²) < 4.78 is 13.0. The number of rotatable bonds is 3. The molecule has 0 fully saturated rings. The Morgan fingerprint density at radius 3 is 2.62 bits per heavy atom. The van der Waals surface area contributed by atoms with Crippen LogP contribution in [-0.4, -0.2) is 16.6 Å². The van der Waals surface area contributed by atoms with Crippen LogP contribution in [0.1, 0.15) is 11.6 Å². The van der Waals surface area contributed by atoms with Gasteiger partial charge in [-0.2, -0.15) is 0 Å². The van der Waals surface area contributed by atoms with E-state index in [1.54, 1.807) is 0 Å². The largest absolute Gasteiger partial charge is 0.389 e. The Morgan fingerprint density at radius 2 is 2.15 bits per heavy atom. The van der Waals surface area contributed by atoms with Crippen molar-refractivity contribution in [3.63, 3.8) is 0 Å². The third-order valence-electron chi connectivity index (χ3n) is 1.69. The minimum Gasteiger partial charge on any atom is -0.389 e. The van der Waals surface area contributed by atoms with Crippen molar-refractivity contribution in [1.29, 1.82) is 0 Å². The predicted molar refractivity (Wildman–Crippen MR) is 43.2 cm³/mol.